The van der Waals surface area contributed by atoms with Crippen LogP contribution < -0.4 is 10.6 Å². The lowest BCUT2D eigenvalue weighted by molar-refractivity contribution is 0.0685. The van der Waals surface area contributed by atoms with E-state index >= 15 is 0 Å². The van der Waals surface area contributed by atoms with E-state index in [1.807, 2.05) is 12.2 Å². The molecule has 0 spiro atoms. The summed E-state index contributed by atoms with van der Waals surface area (Å²) in [7, 11) is 4.11. The number of rotatable bonds is 5. The lowest BCUT2D eigenvalue weighted by atomic mass is 9.91. The quantitative estimate of drug-likeness (QED) is 0.280. The Morgan fingerprint density at radius 1 is 0.902 bits per heavy atom. The molecule has 0 radical (unpaired) electrons. The van der Waals surface area contributed by atoms with Gasteiger partial charge in [-0.1, -0.05) is 33.8 Å². The van der Waals surface area contributed by atoms with Crippen molar-refractivity contribution in [2.24, 2.45) is 4.99 Å². The number of carboxylic acids is 2. The summed E-state index contributed by atoms with van der Waals surface area (Å²) in [6.07, 6.45) is 17.5. The van der Waals surface area contributed by atoms with Gasteiger partial charge in [0.25, 0.3) is 0 Å². The van der Waals surface area contributed by atoms with Crippen molar-refractivity contribution in [3.8, 4) is 5.82 Å². The van der Waals surface area contributed by atoms with Crippen molar-refractivity contribution in [1.29, 1.82) is 0 Å². The normalized spacial score (nSPS) is 16.2. The molecule has 0 bridgehead atoms. The molecule has 1 saturated carbocycles. The Balaban J connectivity index is 0.000000536. The van der Waals surface area contributed by atoms with Crippen molar-refractivity contribution < 1.29 is 19.8 Å². The van der Waals surface area contributed by atoms with Gasteiger partial charge in [-0.3, -0.25) is 4.99 Å². The third kappa shape index (κ3) is 13.0. The molecule has 1 aliphatic carbocycles. The highest BCUT2D eigenvalue weighted by Crippen LogP contribution is 2.17. The lowest BCUT2D eigenvalue weighted by Gasteiger charge is -2.30. The molecule has 4 N–H and O–H groups in total. The van der Waals surface area contributed by atoms with Crippen LogP contribution >= 0.6 is 15.9 Å². The maximum Gasteiger partial charge on any atom is 0.339 e. The molecule has 12 heteroatoms. The van der Waals surface area contributed by atoms with E-state index in [0.29, 0.717) is 22.5 Å². The van der Waals surface area contributed by atoms with E-state index in [9.17, 15) is 9.59 Å². The fourth-order valence-electron chi connectivity index (χ4n) is 3.81. The molecule has 41 heavy (non-hydrogen) atoms. The topological polar surface area (TPSA) is 155 Å². The van der Waals surface area contributed by atoms with Crippen LogP contribution in [0.2, 0.25) is 0 Å². The lowest BCUT2D eigenvalue weighted by Crippen LogP contribution is -2.47. The summed E-state index contributed by atoms with van der Waals surface area (Å²) in [6.45, 7) is 0.889. The Kier molecular flexibility index (Phi) is 19.1. The fourth-order valence-corrected chi connectivity index (χ4v) is 4.23. The molecule has 2 aliphatic rings. The highest BCUT2D eigenvalue weighted by Gasteiger charge is 2.21. The van der Waals surface area contributed by atoms with Crippen molar-refractivity contribution in [1.82, 2.24) is 30.4 Å². The molecule has 3 aromatic rings. The highest BCUT2D eigenvalue weighted by molar-refractivity contribution is 9.10. The second-order valence-corrected chi connectivity index (χ2v) is 9.05. The number of halogens is 1. The minimum absolute atomic E-state index is 0. The number of allylic oxidation sites excluding steroid dienone is 1. The van der Waals surface area contributed by atoms with Crippen LogP contribution in [0.5, 0.6) is 0 Å². The fraction of sp³-hybridized carbons (Fsp3) is 0.379. The van der Waals surface area contributed by atoms with E-state index in [1.54, 1.807) is 36.8 Å². The van der Waals surface area contributed by atoms with Crippen molar-refractivity contribution in [3.63, 3.8) is 0 Å². The van der Waals surface area contributed by atoms with Crippen molar-refractivity contribution in [2.45, 2.75) is 52.6 Å². The average Bonchev–Trinajstić information content (AvgIpc) is 3.72. The molecule has 1 aliphatic heterocycles. The van der Waals surface area contributed by atoms with Gasteiger partial charge < -0.3 is 20.8 Å². The van der Waals surface area contributed by atoms with E-state index in [-0.39, 0.29) is 26.0 Å². The van der Waals surface area contributed by atoms with Gasteiger partial charge in [0.15, 0.2) is 5.82 Å². The molecular formula is C29H42BrN7O4. The van der Waals surface area contributed by atoms with E-state index in [2.05, 4.69) is 60.7 Å². The Labute approximate surface area is 251 Å². The summed E-state index contributed by atoms with van der Waals surface area (Å²) in [4.78, 5) is 32.7. The third-order valence-corrected chi connectivity index (χ3v) is 6.41. The Bertz CT molecular complexity index is 1200. The van der Waals surface area contributed by atoms with Crippen molar-refractivity contribution in [2.75, 3.05) is 20.6 Å². The standard InChI is InChI=1S/C9H7N3O2.C8H18N2.C6H4BrNO2.C4H5N.2CH4/c13-9(14)7-3-1-4-10-8(7)12-6-2-5-11-12;1-9-7-5-3-4-6-8(7)10-2;7-5-4(6(9)10)2-1-3-8-5;1-2-4-5-3-1;;/h1-6H,(H,13,14);7-10H,3-6H2,1-2H3;1-3H,(H,9,10);1-3H,4H2;2*1H4. The van der Waals surface area contributed by atoms with Gasteiger partial charge >= 0.3 is 11.9 Å². The van der Waals surface area contributed by atoms with Crippen LogP contribution in [0.3, 0.4) is 0 Å². The number of aromatic nitrogens is 4. The molecule has 0 aromatic carbocycles. The minimum atomic E-state index is -1.01. The summed E-state index contributed by atoms with van der Waals surface area (Å²) in [5, 5.41) is 28.0. The predicted molar refractivity (Wildman–Crippen MR) is 167 cm³/mol. The minimum Gasteiger partial charge on any atom is -0.478 e. The number of likely N-dealkylation sites (N-methyl/N-ethyl adjacent to an activating group) is 2. The van der Waals surface area contributed by atoms with E-state index in [0.717, 1.165) is 6.54 Å². The average molecular weight is 633 g/mol. The third-order valence-electron chi connectivity index (χ3n) is 5.77. The molecular weight excluding hydrogens is 590 g/mol. The molecule has 1 fully saturated rings. The van der Waals surface area contributed by atoms with Crippen molar-refractivity contribution in [3.05, 3.63) is 83.0 Å². The smallest absolute Gasteiger partial charge is 0.339 e. The van der Waals surface area contributed by atoms with Crippen LogP contribution in [0.15, 0.2) is 76.9 Å². The van der Waals surface area contributed by atoms with Crippen LogP contribution in [0.4, 0.5) is 0 Å². The van der Waals surface area contributed by atoms with Crippen LogP contribution in [-0.4, -0.2) is 80.8 Å². The first kappa shape index (κ1) is 37.3. The summed E-state index contributed by atoms with van der Waals surface area (Å²) in [5.74, 6) is -1.66. The Morgan fingerprint density at radius 2 is 1.49 bits per heavy atom. The number of carboxylic acid groups (broad SMARTS) is 2. The summed E-state index contributed by atoms with van der Waals surface area (Å²) < 4.78 is 1.78. The number of aromatic carboxylic acids is 2. The van der Waals surface area contributed by atoms with Crippen LogP contribution in [0, 0.1) is 0 Å². The number of aliphatic imine (C=N–C) groups is 1. The molecule has 224 valence electrons. The maximum atomic E-state index is 10.8. The van der Waals surface area contributed by atoms with E-state index < -0.39 is 11.9 Å². The van der Waals surface area contributed by atoms with E-state index in [1.165, 1.54) is 54.9 Å². The number of hydrogen-bond donors (Lipinski definition) is 4. The molecule has 0 saturated heterocycles. The molecule has 3 aromatic heterocycles. The van der Waals surface area contributed by atoms with E-state index in [4.69, 9.17) is 10.2 Å². The summed E-state index contributed by atoms with van der Waals surface area (Å²) in [5.41, 5.74) is 0.318. The van der Waals surface area contributed by atoms with Gasteiger partial charge in [-0.25, -0.2) is 24.2 Å². The summed E-state index contributed by atoms with van der Waals surface area (Å²) in [6, 6.07) is 9.26. The maximum absolute atomic E-state index is 10.8. The van der Waals surface area contributed by atoms with Crippen LogP contribution in [-0.2, 0) is 0 Å². The molecule has 2 unspecified atom stereocenters. The molecule has 4 heterocycles. The zero-order chi connectivity index (χ0) is 28.5. The first-order chi connectivity index (χ1) is 18.9. The van der Waals surface area contributed by atoms with Gasteiger partial charge in [0, 0.05) is 43.1 Å². The first-order valence-corrected chi connectivity index (χ1v) is 13.2. The molecule has 2 atom stereocenters. The number of pyridine rings is 2. The van der Waals surface area contributed by atoms with Gasteiger partial charge in [0.05, 0.1) is 12.1 Å². The molecule has 11 nitrogen and oxygen atoms in total. The van der Waals surface area contributed by atoms with Gasteiger partial charge in [-0.2, -0.15) is 5.10 Å². The number of hydrogen-bond acceptors (Lipinski definition) is 8. The van der Waals surface area contributed by atoms with Crippen LogP contribution in [0.25, 0.3) is 5.82 Å². The number of nitrogens with zero attached hydrogens (tertiary/aromatic N) is 5. The number of carbonyl (C=O) groups is 2. The first-order valence-electron chi connectivity index (χ1n) is 12.4. The SMILES string of the molecule is C.C.C1=CCN=C1.CNC1CCCCC1NC.O=C(O)c1cccnc1-n1cccn1.O=C(O)c1cccnc1Br. The molecule has 5 rings (SSSR count). The van der Waals surface area contributed by atoms with Crippen LogP contribution in [0.1, 0.15) is 61.3 Å². The van der Waals surface area contributed by atoms with Crippen molar-refractivity contribution >= 4 is 34.1 Å². The monoisotopic (exact) mass is 631 g/mol. The van der Waals surface area contributed by atoms with Gasteiger partial charge in [-0.05, 0) is 79.3 Å². The Hall–Kier alpha value is -3.74. The van der Waals surface area contributed by atoms with Gasteiger partial charge in [-0.15, -0.1) is 0 Å². The van der Waals surface area contributed by atoms with Gasteiger partial charge in [0.1, 0.15) is 10.2 Å². The highest BCUT2D eigenvalue weighted by atomic mass is 79.9. The second kappa shape index (κ2) is 21.1. The molecule has 0 amide bonds. The summed E-state index contributed by atoms with van der Waals surface area (Å²) >= 11 is 3.00. The predicted octanol–water partition coefficient (Wildman–Crippen LogP) is 5.14. The number of nitrogens with one attached hydrogen (secondary N) is 2. The second-order valence-electron chi connectivity index (χ2n) is 8.29. The Morgan fingerprint density at radius 3 is 1.88 bits per heavy atom. The zero-order valence-electron chi connectivity index (χ0n) is 21.9. The largest absolute Gasteiger partial charge is 0.478 e. The zero-order valence-corrected chi connectivity index (χ0v) is 23.5. The van der Waals surface area contributed by atoms with Gasteiger partial charge in [0.2, 0.25) is 0 Å².